The van der Waals surface area contributed by atoms with Gasteiger partial charge >= 0.3 is 0 Å². The molecule has 0 N–H and O–H groups in total. The van der Waals surface area contributed by atoms with Crippen molar-refractivity contribution in [2.24, 2.45) is 5.92 Å². The lowest BCUT2D eigenvalue weighted by Gasteiger charge is -2.40. The number of rotatable bonds is 4. The van der Waals surface area contributed by atoms with E-state index in [0.717, 1.165) is 13.0 Å². The molecule has 3 rings (SSSR count). The van der Waals surface area contributed by atoms with Crippen molar-refractivity contribution >= 4 is 0 Å². The molecule has 1 aromatic rings. The third-order valence-corrected chi connectivity index (χ3v) is 3.95. The molecule has 0 aliphatic carbocycles. The van der Waals surface area contributed by atoms with Crippen molar-refractivity contribution < 1.29 is 14.2 Å². The maximum Gasteiger partial charge on any atom is 0.163 e. The number of hydrogen-bond donors (Lipinski definition) is 0. The van der Waals surface area contributed by atoms with Crippen LogP contribution in [0.3, 0.4) is 0 Å². The molecule has 3 heteroatoms. The molecule has 2 aliphatic rings. The summed E-state index contributed by atoms with van der Waals surface area (Å²) in [7, 11) is 0. The van der Waals surface area contributed by atoms with Gasteiger partial charge in [0.1, 0.15) is 0 Å². The quantitative estimate of drug-likeness (QED) is 0.820. The van der Waals surface area contributed by atoms with Crippen LogP contribution in [0, 0.1) is 5.92 Å². The largest absolute Gasteiger partial charge is 0.368 e. The van der Waals surface area contributed by atoms with Gasteiger partial charge in [-0.3, -0.25) is 0 Å². The van der Waals surface area contributed by atoms with Crippen molar-refractivity contribution in [1.29, 1.82) is 0 Å². The van der Waals surface area contributed by atoms with Gasteiger partial charge in [0.25, 0.3) is 0 Å². The van der Waals surface area contributed by atoms with Crippen molar-refractivity contribution in [3.63, 3.8) is 0 Å². The molecule has 0 radical (unpaired) electrons. The van der Waals surface area contributed by atoms with Crippen LogP contribution < -0.4 is 0 Å². The maximum absolute atomic E-state index is 6.05. The summed E-state index contributed by atoms with van der Waals surface area (Å²) in [5.41, 5.74) is 0.929. The van der Waals surface area contributed by atoms with E-state index >= 15 is 0 Å². The van der Waals surface area contributed by atoms with E-state index in [2.05, 4.69) is 26.0 Å². The molecule has 0 spiro atoms. The zero-order valence-corrected chi connectivity index (χ0v) is 11.0. The summed E-state index contributed by atoms with van der Waals surface area (Å²) in [4.78, 5) is 0. The van der Waals surface area contributed by atoms with Gasteiger partial charge in [0.15, 0.2) is 6.29 Å². The van der Waals surface area contributed by atoms with Crippen molar-refractivity contribution in [3.8, 4) is 0 Å². The third kappa shape index (κ3) is 2.18. The smallest absolute Gasteiger partial charge is 0.163 e. The summed E-state index contributed by atoms with van der Waals surface area (Å²) in [5.74, 6) is 0.538. The SMILES string of the molecule is CC(C)(OC[C@@H]1O[C@H]2OCC[C@H]21)c1ccccc1. The zero-order valence-electron chi connectivity index (χ0n) is 11.0. The van der Waals surface area contributed by atoms with E-state index in [1.807, 2.05) is 18.2 Å². The predicted molar refractivity (Wildman–Crippen MR) is 68.1 cm³/mol. The Hall–Kier alpha value is -0.900. The van der Waals surface area contributed by atoms with Gasteiger partial charge < -0.3 is 14.2 Å². The van der Waals surface area contributed by atoms with E-state index in [9.17, 15) is 0 Å². The summed E-state index contributed by atoms with van der Waals surface area (Å²) >= 11 is 0. The molecule has 0 saturated carbocycles. The Balaban J connectivity index is 1.56. The normalized spacial score (nSPS) is 30.9. The fraction of sp³-hybridized carbons (Fsp3) is 0.600. The first-order chi connectivity index (χ1) is 8.67. The Kier molecular flexibility index (Phi) is 3.14. The van der Waals surface area contributed by atoms with Gasteiger partial charge in [-0.2, -0.15) is 0 Å². The number of hydrogen-bond acceptors (Lipinski definition) is 3. The van der Waals surface area contributed by atoms with Gasteiger partial charge in [0.2, 0.25) is 0 Å². The molecule has 18 heavy (non-hydrogen) atoms. The summed E-state index contributed by atoms with van der Waals surface area (Å²) < 4.78 is 17.1. The van der Waals surface area contributed by atoms with E-state index in [4.69, 9.17) is 14.2 Å². The van der Waals surface area contributed by atoms with Gasteiger partial charge in [0.05, 0.1) is 24.9 Å². The maximum atomic E-state index is 6.05. The second-order valence-electron chi connectivity index (χ2n) is 5.55. The van der Waals surface area contributed by atoms with Gasteiger partial charge in [-0.1, -0.05) is 30.3 Å². The minimum atomic E-state index is -0.269. The molecule has 2 aliphatic heterocycles. The summed E-state index contributed by atoms with van der Waals surface area (Å²) in [6, 6.07) is 10.3. The standard InChI is InChI=1S/C15H20O3/c1-15(2,11-6-4-3-5-7-11)17-10-13-12-8-9-16-14(12)18-13/h3-7,12-14H,8-10H2,1-2H3/t12-,13-,14+/m0/s1. The Morgan fingerprint density at radius 3 is 2.78 bits per heavy atom. The second kappa shape index (κ2) is 4.65. The van der Waals surface area contributed by atoms with Crippen LogP contribution in [0.1, 0.15) is 25.8 Å². The number of fused-ring (bicyclic) bond motifs is 1. The minimum Gasteiger partial charge on any atom is -0.368 e. The molecular formula is C15H20O3. The van der Waals surface area contributed by atoms with Gasteiger partial charge in [-0.05, 0) is 25.8 Å². The lowest BCUT2D eigenvalue weighted by atomic mass is 9.94. The van der Waals surface area contributed by atoms with Crippen molar-refractivity contribution in [1.82, 2.24) is 0 Å². The Bertz CT molecular complexity index is 401. The van der Waals surface area contributed by atoms with Crippen LogP contribution in [-0.2, 0) is 19.8 Å². The molecule has 3 nitrogen and oxygen atoms in total. The minimum absolute atomic E-state index is 0.0402. The summed E-state index contributed by atoms with van der Waals surface area (Å²) in [6.45, 7) is 5.67. The highest BCUT2D eigenvalue weighted by atomic mass is 16.7. The van der Waals surface area contributed by atoms with Gasteiger partial charge in [-0.15, -0.1) is 0 Å². The van der Waals surface area contributed by atoms with Crippen molar-refractivity contribution in [2.45, 2.75) is 38.3 Å². The van der Waals surface area contributed by atoms with E-state index in [1.54, 1.807) is 0 Å². The van der Waals surface area contributed by atoms with E-state index in [-0.39, 0.29) is 18.0 Å². The van der Waals surface area contributed by atoms with E-state index < -0.39 is 0 Å². The summed E-state index contributed by atoms with van der Waals surface area (Å²) in [5, 5.41) is 0. The fourth-order valence-corrected chi connectivity index (χ4v) is 2.64. The first-order valence-corrected chi connectivity index (χ1v) is 6.63. The van der Waals surface area contributed by atoms with Crippen molar-refractivity contribution in [2.75, 3.05) is 13.2 Å². The molecule has 2 fully saturated rings. The van der Waals surface area contributed by atoms with Crippen molar-refractivity contribution in [3.05, 3.63) is 35.9 Å². The lowest BCUT2D eigenvalue weighted by molar-refractivity contribution is -0.281. The Morgan fingerprint density at radius 2 is 2.06 bits per heavy atom. The molecule has 0 aromatic heterocycles. The molecular weight excluding hydrogens is 228 g/mol. The predicted octanol–water partition coefficient (Wildman–Crippen LogP) is 2.70. The highest BCUT2D eigenvalue weighted by Crippen LogP contribution is 2.38. The second-order valence-corrected chi connectivity index (χ2v) is 5.55. The van der Waals surface area contributed by atoms with Crippen LogP contribution in [0.15, 0.2) is 30.3 Å². The Morgan fingerprint density at radius 1 is 1.28 bits per heavy atom. The highest BCUT2D eigenvalue weighted by Gasteiger charge is 2.47. The van der Waals surface area contributed by atoms with Crippen LogP contribution >= 0.6 is 0 Å². The molecule has 98 valence electrons. The van der Waals surface area contributed by atoms with Crippen LogP contribution in [0.5, 0.6) is 0 Å². The van der Waals surface area contributed by atoms with Crippen LogP contribution in [0.4, 0.5) is 0 Å². The van der Waals surface area contributed by atoms with E-state index in [1.165, 1.54) is 5.56 Å². The monoisotopic (exact) mass is 248 g/mol. The molecule has 2 saturated heterocycles. The van der Waals surface area contributed by atoms with Crippen LogP contribution in [0.25, 0.3) is 0 Å². The topological polar surface area (TPSA) is 27.7 Å². The highest BCUT2D eigenvalue weighted by molar-refractivity contribution is 5.20. The molecule has 1 aromatic carbocycles. The van der Waals surface area contributed by atoms with Crippen LogP contribution in [0.2, 0.25) is 0 Å². The van der Waals surface area contributed by atoms with Crippen LogP contribution in [-0.4, -0.2) is 25.6 Å². The lowest BCUT2D eigenvalue weighted by Crippen LogP contribution is -2.49. The first-order valence-electron chi connectivity index (χ1n) is 6.63. The Labute approximate surface area is 108 Å². The average Bonchev–Trinajstić information content (AvgIpc) is 2.72. The van der Waals surface area contributed by atoms with Gasteiger partial charge in [-0.25, -0.2) is 0 Å². The zero-order chi connectivity index (χ0) is 12.6. The third-order valence-electron chi connectivity index (χ3n) is 3.95. The first kappa shape index (κ1) is 12.2. The fourth-order valence-electron chi connectivity index (χ4n) is 2.64. The molecule has 0 unspecified atom stereocenters. The molecule has 0 amide bonds. The molecule has 0 bridgehead atoms. The van der Waals surface area contributed by atoms with E-state index in [0.29, 0.717) is 12.5 Å². The van der Waals surface area contributed by atoms with Gasteiger partial charge in [0, 0.05) is 5.92 Å². The average molecular weight is 248 g/mol. The molecule has 2 heterocycles. The number of ether oxygens (including phenoxy) is 3. The molecule has 3 atom stereocenters. The summed E-state index contributed by atoms with van der Waals surface area (Å²) in [6.07, 6.45) is 1.35. The number of benzene rings is 1.